The van der Waals surface area contributed by atoms with Gasteiger partial charge in [-0.25, -0.2) is 4.79 Å². The Bertz CT molecular complexity index is 651. The molecule has 0 saturated heterocycles. The Morgan fingerprint density at radius 2 is 1.85 bits per heavy atom. The molecule has 0 aliphatic heterocycles. The molecule has 0 bridgehead atoms. The molecule has 0 amide bonds. The van der Waals surface area contributed by atoms with Crippen LogP contribution in [0.1, 0.15) is 15.9 Å². The van der Waals surface area contributed by atoms with Gasteiger partial charge in [-0.2, -0.15) is 10.2 Å². The minimum absolute atomic E-state index is 0.0946. The fourth-order valence-corrected chi connectivity index (χ4v) is 1.63. The first kappa shape index (κ1) is 13.5. The summed E-state index contributed by atoms with van der Waals surface area (Å²) in [4.78, 5) is 10.9. The Hall–Kier alpha value is -2.89. The highest BCUT2D eigenvalue weighted by atomic mass is 16.4. The summed E-state index contributed by atoms with van der Waals surface area (Å²) in [5.74, 6) is -1.46. The molecular weight excluding hydrogens is 258 g/mol. The summed E-state index contributed by atoms with van der Waals surface area (Å²) in [7, 11) is 0. The SMILES string of the molecule is Nc1ccc(N=NCc2cccc(C(=O)O)c2O)cc1. The van der Waals surface area contributed by atoms with E-state index in [9.17, 15) is 9.90 Å². The van der Waals surface area contributed by atoms with Gasteiger partial charge in [0.2, 0.25) is 0 Å². The number of rotatable bonds is 4. The number of azo groups is 1. The second kappa shape index (κ2) is 5.83. The second-order valence-corrected chi connectivity index (χ2v) is 4.11. The summed E-state index contributed by atoms with van der Waals surface area (Å²) in [6, 6.07) is 11.3. The van der Waals surface area contributed by atoms with Gasteiger partial charge >= 0.3 is 5.97 Å². The van der Waals surface area contributed by atoms with Crippen molar-refractivity contribution in [3.8, 4) is 5.75 Å². The number of phenols is 1. The Morgan fingerprint density at radius 1 is 1.15 bits per heavy atom. The second-order valence-electron chi connectivity index (χ2n) is 4.11. The monoisotopic (exact) mass is 271 g/mol. The van der Waals surface area contributed by atoms with E-state index in [1.54, 1.807) is 36.4 Å². The number of nitrogen functional groups attached to an aromatic ring is 1. The molecule has 2 aromatic rings. The number of carboxylic acid groups (broad SMARTS) is 1. The number of benzene rings is 2. The number of nitrogens with two attached hydrogens (primary N) is 1. The van der Waals surface area contributed by atoms with Crippen molar-refractivity contribution in [2.24, 2.45) is 10.2 Å². The summed E-state index contributed by atoms with van der Waals surface area (Å²) < 4.78 is 0. The van der Waals surface area contributed by atoms with Crippen LogP contribution in [0.3, 0.4) is 0 Å². The van der Waals surface area contributed by atoms with Crippen molar-refractivity contribution in [1.82, 2.24) is 0 Å². The number of aromatic carboxylic acids is 1. The van der Waals surface area contributed by atoms with E-state index in [4.69, 9.17) is 10.8 Å². The molecule has 2 aromatic carbocycles. The first-order valence-corrected chi connectivity index (χ1v) is 5.85. The van der Waals surface area contributed by atoms with Gasteiger partial charge < -0.3 is 15.9 Å². The molecule has 0 radical (unpaired) electrons. The maximum Gasteiger partial charge on any atom is 0.339 e. The van der Waals surface area contributed by atoms with Gasteiger partial charge in [-0.1, -0.05) is 12.1 Å². The van der Waals surface area contributed by atoms with Crippen molar-refractivity contribution >= 4 is 17.3 Å². The molecule has 0 unspecified atom stereocenters. The average molecular weight is 271 g/mol. The van der Waals surface area contributed by atoms with E-state index in [2.05, 4.69) is 10.2 Å². The molecule has 0 fully saturated rings. The molecule has 0 heterocycles. The first-order valence-electron chi connectivity index (χ1n) is 5.85. The van der Waals surface area contributed by atoms with Crippen LogP contribution in [0.5, 0.6) is 5.75 Å². The van der Waals surface area contributed by atoms with Crippen molar-refractivity contribution < 1.29 is 15.0 Å². The number of hydrogen-bond acceptors (Lipinski definition) is 5. The number of carboxylic acids is 1. The highest BCUT2D eigenvalue weighted by molar-refractivity contribution is 5.91. The maximum atomic E-state index is 10.9. The van der Waals surface area contributed by atoms with Crippen LogP contribution >= 0.6 is 0 Å². The molecule has 20 heavy (non-hydrogen) atoms. The molecular formula is C14H13N3O3. The summed E-state index contributed by atoms with van der Waals surface area (Å²) in [5, 5.41) is 26.6. The van der Waals surface area contributed by atoms with E-state index in [-0.39, 0.29) is 17.9 Å². The third-order valence-corrected chi connectivity index (χ3v) is 2.67. The molecule has 6 nitrogen and oxygen atoms in total. The van der Waals surface area contributed by atoms with E-state index >= 15 is 0 Å². The van der Waals surface area contributed by atoms with E-state index in [1.807, 2.05) is 0 Å². The van der Waals surface area contributed by atoms with E-state index in [0.717, 1.165) is 0 Å². The van der Waals surface area contributed by atoms with E-state index in [0.29, 0.717) is 16.9 Å². The van der Waals surface area contributed by atoms with Gasteiger partial charge in [0.25, 0.3) is 0 Å². The Balaban J connectivity index is 2.13. The van der Waals surface area contributed by atoms with Gasteiger partial charge in [0.15, 0.2) is 0 Å². The van der Waals surface area contributed by atoms with Crippen LogP contribution in [0.2, 0.25) is 0 Å². The minimum Gasteiger partial charge on any atom is -0.507 e. The van der Waals surface area contributed by atoms with Crippen molar-refractivity contribution in [2.75, 3.05) is 5.73 Å². The molecule has 0 saturated carbocycles. The van der Waals surface area contributed by atoms with Crippen LogP contribution in [-0.2, 0) is 6.54 Å². The lowest BCUT2D eigenvalue weighted by atomic mass is 10.1. The Morgan fingerprint density at radius 3 is 2.50 bits per heavy atom. The molecule has 4 N–H and O–H groups in total. The lowest BCUT2D eigenvalue weighted by Crippen LogP contribution is -1.98. The topological polar surface area (TPSA) is 108 Å². The predicted molar refractivity (Wildman–Crippen MR) is 74.1 cm³/mol. The fourth-order valence-electron chi connectivity index (χ4n) is 1.63. The third kappa shape index (κ3) is 3.11. The lowest BCUT2D eigenvalue weighted by Gasteiger charge is -2.03. The number of hydrogen-bond donors (Lipinski definition) is 3. The van der Waals surface area contributed by atoms with Crippen LogP contribution < -0.4 is 5.73 Å². The Labute approximate surface area is 115 Å². The number of carbonyl (C=O) groups is 1. The van der Waals surface area contributed by atoms with Crippen LogP contribution in [0.25, 0.3) is 0 Å². The number of aromatic hydroxyl groups is 1. The highest BCUT2D eigenvalue weighted by Crippen LogP contribution is 2.24. The van der Waals surface area contributed by atoms with Crippen molar-refractivity contribution in [2.45, 2.75) is 6.54 Å². The van der Waals surface area contributed by atoms with Gasteiger partial charge in [-0.05, 0) is 30.3 Å². The molecule has 6 heteroatoms. The van der Waals surface area contributed by atoms with Gasteiger partial charge in [-0.15, -0.1) is 0 Å². The quantitative estimate of drug-likeness (QED) is 0.586. The molecule has 0 aliphatic rings. The summed E-state index contributed by atoms with van der Waals surface area (Å²) >= 11 is 0. The number of nitrogens with zero attached hydrogens (tertiary/aromatic N) is 2. The fraction of sp³-hybridized carbons (Fsp3) is 0.0714. The molecule has 0 aliphatic carbocycles. The minimum atomic E-state index is -1.18. The highest BCUT2D eigenvalue weighted by Gasteiger charge is 2.12. The molecule has 102 valence electrons. The average Bonchev–Trinajstić information content (AvgIpc) is 2.42. The standard InChI is InChI=1S/C14H13N3O3/c15-10-4-6-11(7-5-10)17-16-8-9-2-1-3-12(13(9)18)14(19)20/h1-7,18H,8,15H2,(H,19,20). The van der Waals surface area contributed by atoms with Gasteiger partial charge in [-0.3, -0.25) is 0 Å². The smallest absolute Gasteiger partial charge is 0.339 e. The molecule has 0 atom stereocenters. The lowest BCUT2D eigenvalue weighted by molar-refractivity contribution is 0.0693. The zero-order valence-electron chi connectivity index (χ0n) is 10.5. The molecule has 0 aromatic heterocycles. The summed E-state index contributed by atoms with van der Waals surface area (Å²) in [6.45, 7) is 0.0946. The normalized spacial score (nSPS) is 10.8. The zero-order valence-corrected chi connectivity index (χ0v) is 10.5. The number of para-hydroxylation sites is 1. The van der Waals surface area contributed by atoms with Gasteiger partial charge in [0.05, 0.1) is 12.2 Å². The summed E-state index contributed by atoms with van der Waals surface area (Å²) in [6.07, 6.45) is 0. The van der Waals surface area contributed by atoms with Crippen molar-refractivity contribution in [1.29, 1.82) is 0 Å². The number of anilines is 1. The van der Waals surface area contributed by atoms with Crippen LogP contribution in [0, 0.1) is 0 Å². The van der Waals surface area contributed by atoms with E-state index in [1.165, 1.54) is 6.07 Å². The van der Waals surface area contributed by atoms with Crippen LogP contribution in [0.15, 0.2) is 52.7 Å². The zero-order chi connectivity index (χ0) is 14.5. The summed E-state index contributed by atoms with van der Waals surface area (Å²) in [5.41, 5.74) is 7.08. The predicted octanol–water partition coefficient (Wildman–Crippen LogP) is 2.96. The van der Waals surface area contributed by atoms with Crippen molar-refractivity contribution in [3.05, 3.63) is 53.6 Å². The largest absolute Gasteiger partial charge is 0.507 e. The van der Waals surface area contributed by atoms with Crippen LogP contribution in [0.4, 0.5) is 11.4 Å². The van der Waals surface area contributed by atoms with Gasteiger partial charge in [0, 0.05) is 11.3 Å². The first-order chi connectivity index (χ1) is 9.58. The third-order valence-electron chi connectivity index (χ3n) is 2.67. The van der Waals surface area contributed by atoms with Crippen molar-refractivity contribution in [3.63, 3.8) is 0 Å². The van der Waals surface area contributed by atoms with Crippen LogP contribution in [-0.4, -0.2) is 16.2 Å². The molecule has 0 spiro atoms. The Kier molecular flexibility index (Phi) is 3.95. The van der Waals surface area contributed by atoms with E-state index < -0.39 is 5.97 Å². The molecule has 2 rings (SSSR count). The maximum absolute atomic E-state index is 10.9. The van der Waals surface area contributed by atoms with Gasteiger partial charge in [0.1, 0.15) is 11.3 Å².